The van der Waals surface area contributed by atoms with Gasteiger partial charge in [-0.05, 0) is 54.5 Å². The number of para-hydroxylation sites is 1. The van der Waals surface area contributed by atoms with Gasteiger partial charge in [-0.25, -0.2) is 8.42 Å². The fourth-order valence-electron chi connectivity index (χ4n) is 2.83. The SMILES string of the molecule is COc1ccc(NC(=O)/C=C/c2ccccc2C)cc1S(=O)(=O)Nc1ccccc1Cl. The lowest BCUT2D eigenvalue weighted by Gasteiger charge is -2.14. The van der Waals surface area contributed by atoms with Gasteiger partial charge in [-0.15, -0.1) is 0 Å². The molecule has 8 heteroatoms. The van der Waals surface area contributed by atoms with Crippen molar-refractivity contribution in [2.24, 2.45) is 0 Å². The minimum atomic E-state index is -4.03. The quantitative estimate of drug-likeness (QED) is 0.484. The zero-order valence-electron chi connectivity index (χ0n) is 16.9. The van der Waals surface area contributed by atoms with E-state index in [0.29, 0.717) is 5.69 Å². The van der Waals surface area contributed by atoms with Gasteiger partial charge in [0.05, 0.1) is 17.8 Å². The second kappa shape index (κ2) is 9.68. The zero-order chi connectivity index (χ0) is 22.4. The number of anilines is 2. The number of aryl methyl sites for hydroxylation is 1. The first-order valence-corrected chi connectivity index (χ1v) is 11.2. The molecule has 31 heavy (non-hydrogen) atoms. The lowest BCUT2D eigenvalue weighted by molar-refractivity contribution is -0.111. The van der Waals surface area contributed by atoms with Crippen LogP contribution in [0.4, 0.5) is 11.4 Å². The van der Waals surface area contributed by atoms with Crippen molar-refractivity contribution in [3.63, 3.8) is 0 Å². The minimum absolute atomic E-state index is 0.129. The first-order valence-electron chi connectivity index (χ1n) is 9.30. The smallest absolute Gasteiger partial charge is 0.265 e. The van der Waals surface area contributed by atoms with Crippen LogP contribution >= 0.6 is 11.6 Å². The number of carbonyl (C=O) groups excluding carboxylic acids is 1. The molecule has 3 aromatic rings. The summed E-state index contributed by atoms with van der Waals surface area (Å²) < 4.78 is 33.5. The number of carbonyl (C=O) groups is 1. The Morgan fingerprint density at radius 1 is 1.03 bits per heavy atom. The molecular weight excluding hydrogens is 436 g/mol. The number of rotatable bonds is 7. The lowest BCUT2D eigenvalue weighted by atomic mass is 10.1. The molecule has 1 amide bonds. The van der Waals surface area contributed by atoms with Crippen LogP contribution in [0.15, 0.2) is 77.7 Å². The van der Waals surface area contributed by atoms with Gasteiger partial charge in [-0.1, -0.05) is 48.0 Å². The molecule has 0 spiro atoms. The van der Waals surface area contributed by atoms with E-state index >= 15 is 0 Å². The third-order valence-electron chi connectivity index (χ3n) is 4.44. The third-order valence-corrected chi connectivity index (χ3v) is 6.16. The van der Waals surface area contributed by atoms with Crippen LogP contribution < -0.4 is 14.8 Å². The molecular formula is C23H21ClN2O4S. The summed E-state index contributed by atoms with van der Waals surface area (Å²) in [6, 6.07) is 18.5. The van der Waals surface area contributed by atoms with Crippen LogP contribution in [0.3, 0.4) is 0 Å². The molecule has 0 bridgehead atoms. The molecule has 0 aromatic heterocycles. The van der Waals surface area contributed by atoms with E-state index in [4.69, 9.17) is 16.3 Å². The van der Waals surface area contributed by atoms with Gasteiger partial charge in [-0.3, -0.25) is 9.52 Å². The van der Waals surface area contributed by atoms with Crippen molar-refractivity contribution >= 4 is 45.0 Å². The average Bonchev–Trinajstić information content (AvgIpc) is 2.74. The second-order valence-electron chi connectivity index (χ2n) is 6.63. The van der Waals surface area contributed by atoms with Crippen LogP contribution in [-0.2, 0) is 14.8 Å². The van der Waals surface area contributed by atoms with Crippen LogP contribution in [0.25, 0.3) is 6.08 Å². The maximum absolute atomic E-state index is 12.9. The van der Waals surface area contributed by atoms with E-state index in [-0.39, 0.29) is 21.4 Å². The number of methoxy groups -OCH3 is 1. The summed E-state index contributed by atoms with van der Waals surface area (Å²) in [5.41, 5.74) is 2.50. The Balaban J connectivity index is 1.84. The third kappa shape index (κ3) is 5.65. The van der Waals surface area contributed by atoms with Crippen molar-refractivity contribution in [3.05, 3.63) is 89.0 Å². The first kappa shape index (κ1) is 22.4. The molecule has 0 fully saturated rings. The molecule has 0 radical (unpaired) electrons. The number of benzene rings is 3. The maximum atomic E-state index is 12.9. The van der Waals surface area contributed by atoms with Crippen LogP contribution in [-0.4, -0.2) is 21.4 Å². The molecule has 2 N–H and O–H groups in total. The number of hydrogen-bond donors (Lipinski definition) is 2. The Morgan fingerprint density at radius 3 is 2.45 bits per heavy atom. The number of sulfonamides is 1. The van der Waals surface area contributed by atoms with Crippen molar-refractivity contribution in [1.29, 1.82) is 0 Å². The molecule has 160 valence electrons. The highest BCUT2D eigenvalue weighted by molar-refractivity contribution is 7.92. The van der Waals surface area contributed by atoms with Crippen molar-refractivity contribution in [2.45, 2.75) is 11.8 Å². The standard InChI is InChI=1S/C23H21ClN2O4S/c1-16-7-3-4-8-17(16)11-14-23(27)25-18-12-13-21(30-2)22(15-18)31(28,29)26-20-10-6-5-9-19(20)24/h3-15,26H,1-2H3,(H,25,27)/b14-11+. The molecule has 0 saturated heterocycles. The molecule has 0 aliphatic heterocycles. The van der Waals surface area contributed by atoms with Crippen molar-refractivity contribution in [1.82, 2.24) is 0 Å². The summed E-state index contributed by atoms with van der Waals surface area (Å²) in [6.45, 7) is 1.95. The normalized spacial score (nSPS) is 11.3. The zero-order valence-corrected chi connectivity index (χ0v) is 18.5. The lowest BCUT2D eigenvalue weighted by Crippen LogP contribution is -2.15. The van der Waals surface area contributed by atoms with Gasteiger partial charge in [0.15, 0.2) is 0 Å². The summed E-state index contributed by atoms with van der Waals surface area (Å²) in [4.78, 5) is 12.2. The molecule has 0 aliphatic carbocycles. The number of hydrogen-bond acceptors (Lipinski definition) is 4. The molecule has 6 nitrogen and oxygen atoms in total. The average molecular weight is 457 g/mol. The summed E-state index contributed by atoms with van der Waals surface area (Å²) in [5, 5.41) is 2.93. The van der Waals surface area contributed by atoms with Gasteiger partial charge in [0.1, 0.15) is 10.6 Å². The van der Waals surface area contributed by atoms with E-state index in [1.54, 1.807) is 36.4 Å². The summed E-state index contributed by atoms with van der Waals surface area (Å²) in [6.07, 6.45) is 3.09. The molecule has 0 aliphatic rings. The highest BCUT2D eigenvalue weighted by Gasteiger charge is 2.21. The van der Waals surface area contributed by atoms with E-state index in [1.165, 1.54) is 25.3 Å². The maximum Gasteiger partial charge on any atom is 0.265 e. The Hall–Kier alpha value is -3.29. The summed E-state index contributed by atoms with van der Waals surface area (Å²) >= 11 is 6.07. The first-order chi connectivity index (χ1) is 14.8. The van der Waals surface area contributed by atoms with Crippen LogP contribution in [0.2, 0.25) is 5.02 Å². The van der Waals surface area contributed by atoms with Crippen molar-refractivity contribution < 1.29 is 17.9 Å². The molecule has 0 saturated carbocycles. The highest BCUT2D eigenvalue weighted by atomic mass is 35.5. The van der Waals surface area contributed by atoms with Gasteiger partial charge < -0.3 is 10.1 Å². The predicted molar refractivity (Wildman–Crippen MR) is 124 cm³/mol. The van der Waals surface area contributed by atoms with E-state index in [2.05, 4.69) is 10.0 Å². The minimum Gasteiger partial charge on any atom is -0.495 e. The van der Waals surface area contributed by atoms with Gasteiger partial charge in [0.25, 0.3) is 10.0 Å². The van der Waals surface area contributed by atoms with E-state index < -0.39 is 15.9 Å². The molecule has 0 heterocycles. The van der Waals surface area contributed by atoms with Crippen LogP contribution in [0.5, 0.6) is 5.75 Å². The van der Waals surface area contributed by atoms with E-state index in [0.717, 1.165) is 11.1 Å². The van der Waals surface area contributed by atoms with Gasteiger partial charge in [0.2, 0.25) is 5.91 Å². The fourth-order valence-corrected chi connectivity index (χ4v) is 4.35. The number of halogens is 1. The van der Waals surface area contributed by atoms with Gasteiger partial charge in [-0.2, -0.15) is 0 Å². The van der Waals surface area contributed by atoms with Crippen molar-refractivity contribution in [2.75, 3.05) is 17.1 Å². The largest absolute Gasteiger partial charge is 0.495 e. The Bertz CT molecular complexity index is 1240. The van der Waals surface area contributed by atoms with Crippen LogP contribution in [0.1, 0.15) is 11.1 Å². The molecule has 3 aromatic carbocycles. The number of amides is 1. The monoisotopic (exact) mass is 456 g/mol. The highest BCUT2D eigenvalue weighted by Crippen LogP contribution is 2.30. The Morgan fingerprint density at radius 2 is 1.74 bits per heavy atom. The van der Waals surface area contributed by atoms with Gasteiger partial charge >= 0.3 is 0 Å². The second-order valence-corrected chi connectivity index (χ2v) is 8.69. The predicted octanol–water partition coefficient (Wildman–Crippen LogP) is 5.11. The number of nitrogens with one attached hydrogen (secondary N) is 2. The summed E-state index contributed by atoms with van der Waals surface area (Å²) in [5.74, 6) is -0.260. The van der Waals surface area contributed by atoms with Crippen molar-refractivity contribution in [3.8, 4) is 5.75 Å². The Labute approximate surface area is 186 Å². The fraction of sp³-hybridized carbons (Fsp3) is 0.0870. The summed E-state index contributed by atoms with van der Waals surface area (Å²) in [7, 11) is -2.66. The van der Waals surface area contributed by atoms with Crippen LogP contribution in [0, 0.1) is 6.92 Å². The van der Waals surface area contributed by atoms with E-state index in [9.17, 15) is 13.2 Å². The Kier molecular flexibility index (Phi) is 6.99. The molecule has 3 rings (SSSR count). The molecule has 0 unspecified atom stereocenters. The number of ether oxygens (including phenoxy) is 1. The van der Waals surface area contributed by atoms with E-state index in [1.807, 2.05) is 31.2 Å². The topological polar surface area (TPSA) is 84.5 Å². The molecule has 0 atom stereocenters. The van der Waals surface area contributed by atoms with Gasteiger partial charge in [0, 0.05) is 11.8 Å².